The minimum atomic E-state index is 0.526. The lowest BCUT2D eigenvalue weighted by Gasteiger charge is -2.37. The molecule has 3 nitrogen and oxygen atoms in total. The van der Waals surface area contributed by atoms with Crippen LogP contribution in [0.25, 0.3) is 0 Å². The number of rotatable bonds is 1. The first kappa shape index (κ1) is 10.3. The zero-order valence-corrected chi connectivity index (χ0v) is 9.76. The molecule has 2 atom stereocenters. The van der Waals surface area contributed by atoms with Gasteiger partial charge in [-0.1, -0.05) is 12.2 Å². The number of anilines is 1. The van der Waals surface area contributed by atoms with E-state index in [0.717, 1.165) is 18.5 Å². The van der Waals surface area contributed by atoms with Crippen molar-refractivity contribution in [2.24, 2.45) is 0 Å². The second-order valence-electron chi connectivity index (χ2n) is 4.93. The maximum absolute atomic E-state index is 9.14. The molecule has 0 aliphatic carbocycles. The molecule has 0 spiro atoms. The molecule has 0 saturated carbocycles. The number of nitrogens with zero attached hydrogens (tertiary/aromatic N) is 3. The van der Waals surface area contributed by atoms with Crippen LogP contribution < -0.4 is 4.90 Å². The maximum atomic E-state index is 9.14. The van der Waals surface area contributed by atoms with E-state index in [0.29, 0.717) is 17.8 Å². The van der Waals surface area contributed by atoms with Crippen LogP contribution in [-0.4, -0.2) is 17.1 Å². The fraction of sp³-hybridized carbons (Fsp3) is 0.429. The predicted molar refractivity (Wildman–Crippen MR) is 66.6 cm³/mol. The van der Waals surface area contributed by atoms with E-state index in [1.54, 1.807) is 6.20 Å². The first-order chi connectivity index (χ1) is 8.29. The van der Waals surface area contributed by atoms with Crippen LogP contribution in [0.1, 0.15) is 31.4 Å². The molecule has 17 heavy (non-hydrogen) atoms. The lowest BCUT2D eigenvalue weighted by molar-refractivity contribution is 0.550. The zero-order chi connectivity index (χ0) is 11.8. The van der Waals surface area contributed by atoms with Gasteiger partial charge in [-0.25, -0.2) is 4.98 Å². The Morgan fingerprint density at radius 1 is 1.35 bits per heavy atom. The van der Waals surface area contributed by atoms with E-state index in [4.69, 9.17) is 5.26 Å². The molecule has 0 aromatic carbocycles. The molecule has 2 unspecified atom stereocenters. The van der Waals surface area contributed by atoms with Gasteiger partial charge in [0.05, 0.1) is 5.69 Å². The third-order valence-corrected chi connectivity index (χ3v) is 3.84. The summed E-state index contributed by atoms with van der Waals surface area (Å²) in [6, 6.07) is 7.18. The highest BCUT2D eigenvalue weighted by molar-refractivity contribution is 5.59. The Hall–Kier alpha value is -1.82. The molecule has 0 radical (unpaired) electrons. The minimum absolute atomic E-state index is 0.526. The normalized spacial score (nSPS) is 27.0. The summed E-state index contributed by atoms with van der Waals surface area (Å²) in [6.45, 7) is 4.12. The van der Waals surface area contributed by atoms with Crippen molar-refractivity contribution in [1.29, 1.82) is 5.26 Å². The molecule has 1 aromatic heterocycles. The molecular weight excluding hydrogens is 210 g/mol. The average molecular weight is 225 g/mol. The molecule has 3 rings (SSSR count). The fourth-order valence-corrected chi connectivity index (χ4v) is 3.20. The second-order valence-corrected chi connectivity index (χ2v) is 4.93. The lowest BCUT2D eigenvalue weighted by Crippen LogP contribution is -2.40. The number of hydrogen-bond acceptors (Lipinski definition) is 3. The van der Waals surface area contributed by atoms with Crippen molar-refractivity contribution in [3.63, 3.8) is 0 Å². The Morgan fingerprint density at radius 3 is 2.71 bits per heavy atom. The molecule has 2 bridgehead atoms. The van der Waals surface area contributed by atoms with E-state index in [2.05, 4.69) is 22.5 Å². The second kappa shape index (κ2) is 3.89. The largest absolute Gasteiger partial charge is 0.363 e. The Kier molecular flexibility index (Phi) is 2.36. The van der Waals surface area contributed by atoms with E-state index in [1.165, 1.54) is 18.4 Å². The Labute approximate surface area is 101 Å². The Bertz CT molecular complexity index is 484. The van der Waals surface area contributed by atoms with Crippen molar-refractivity contribution in [3.8, 4) is 6.07 Å². The first-order valence-electron chi connectivity index (χ1n) is 6.09. The van der Waals surface area contributed by atoms with E-state index in [1.807, 2.05) is 12.1 Å². The summed E-state index contributed by atoms with van der Waals surface area (Å²) < 4.78 is 0. The number of fused-ring (bicyclic) bond motifs is 2. The fourth-order valence-electron chi connectivity index (χ4n) is 3.20. The van der Waals surface area contributed by atoms with Gasteiger partial charge in [0.1, 0.15) is 6.07 Å². The van der Waals surface area contributed by atoms with Crippen molar-refractivity contribution >= 4 is 5.69 Å². The smallest absolute Gasteiger partial charge is 0.163 e. The monoisotopic (exact) mass is 225 g/mol. The molecule has 1 aromatic rings. The summed E-state index contributed by atoms with van der Waals surface area (Å²) in [4.78, 5) is 6.57. The molecule has 3 heterocycles. The van der Waals surface area contributed by atoms with Crippen LogP contribution in [0.3, 0.4) is 0 Å². The van der Waals surface area contributed by atoms with Crippen LogP contribution in [0.2, 0.25) is 0 Å². The third kappa shape index (κ3) is 1.61. The molecular formula is C14H15N3. The highest BCUT2D eigenvalue weighted by atomic mass is 15.2. The number of hydrogen-bond donors (Lipinski definition) is 0. The maximum Gasteiger partial charge on any atom is 0.163 e. The summed E-state index contributed by atoms with van der Waals surface area (Å²) >= 11 is 0. The first-order valence-corrected chi connectivity index (χ1v) is 6.09. The van der Waals surface area contributed by atoms with Crippen LogP contribution in [-0.2, 0) is 0 Å². The third-order valence-electron chi connectivity index (χ3n) is 3.84. The number of nitriles is 1. The zero-order valence-electron chi connectivity index (χ0n) is 9.76. The van der Waals surface area contributed by atoms with E-state index in [9.17, 15) is 0 Å². The number of pyridine rings is 1. The minimum Gasteiger partial charge on any atom is -0.363 e. The number of aromatic nitrogens is 1. The van der Waals surface area contributed by atoms with Gasteiger partial charge in [-0.3, -0.25) is 0 Å². The van der Waals surface area contributed by atoms with E-state index in [-0.39, 0.29) is 0 Å². The molecule has 2 aliphatic heterocycles. The van der Waals surface area contributed by atoms with Gasteiger partial charge < -0.3 is 4.90 Å². The van der Waals surface area contributed by atoms with Crippen molar-refractivity contribution in [1.82, 2.24) is 4.98 Å². The van der Waals surface area contributed by atoms with Crippen LogP contribution >= 0.6 is 0 Å². The summed E-state index contributed by atoms with van der Waals surface area (Å²) in [5.41, 5.74) is 2.92. The van der Waals surface area contributed by atoms with E-state index < -0.39 is 0 Å². The summed E-state index contributed by atoms with van der Waals surface area (Å²) in [6.07, 6.45) is 6.24. The SMILES string of the molecule is C=C1CC2CCC(C1)N2c1cccnc1C#N. The lowest BCUT2D eigenvalue weighted by atomic mass is 9.97. The predicted octanol–water partition coefficient (Wildman–Crippen LogP) is 2.64. The van der Waals surface area contributed by atoms with Crippen LogP contribution in [0.5, 0.6) is 0 Å². The van der Waals surface area contributed by atoms with Gasteiger partial charge >= 0.3 is 0 Å². The van der Waals surface area contributed by atoms with Gasteiger partial charge in [0.2, 0.25) is 0 Å². The highest BCUT2D eigenvalue weighted by Gasteiger charge is 2.38. The standard InChI is InChI=1S/C14H15N3/c1-10-7-11-4-5-12(8-10)17(11)14-3-2-6-16-13(14)9-15/h2-3,6,11-12H,1,4-5,7-8H2. The van der Waals surface area contributed by atoms with Gasteiger partial charge in [-0.15, -0.1) is 0 Å². The van der Waals surface area contributed by atoms with Gasteiger partial charge in [-0.2, -0.15) is 5.26 Å². The summed E-state index contributed by atoms with van der Waals surface area (Å²) in [5, 5.41) is 9.14. The molecule has 3 heteroatoms. The molecule has 2 fully saturated rings. The molecule has 2 aliphatic rings. The summed E-state index contributed by atoms with van der Waals surface area (Å²) in [5.74, 6) is 0. The van der Waals surface area contributed by atoms with Crippen molar-refractivity contribution in [2.75, 3.05) is 4.90 Å². The van der Waals surface area contributed by atoms with Crippen LogP contribution in [0.4, 0.5) is 5.69 Å². The number of piperidine rings is 1. The van der Waals surface area contributed by atoms with Gasteiger partial charge in [0.15, 0.2) is 5.69 Å². The van der Waals surface area contributed by atoms with Gasteiger partial charge in [0, 0.05) is 18.3 Å². The van der Waals surface area contributed by atoms with Crippen molar-refractivity contribution in [2.45, 2.75) is 37.8 Å². The van der Waals surface area contributed by atoms with Crippen molar-refractivity contribution in [3.05, 3.63) is 36.2 Å². The van der Waals surface area contributed by atoms with Gasteiger partial charge in [0.25, 0.3) is 0 Å². The highest BCUT2D eigenvalue weighted by Crippen LogP contribution is 2.41. The Morgan fingerprint density at radius 2 is 2.06 bits per heavy atom. The van der Waals surface area contributed by atoms with E-state index >= 15 is 0 Å². The van der Waals surface area contributed by atoms with Gasteiger partial charge in [-0.05, 0) is 37.8 Å². The quantitative estimate of drug-likeness (QED) is 0.690. The molecule has 0 amide bonds. The topological polar surface area (TPSA) is 39.9 Å². The molecule has 0 N–H and O–H groups in total. The molecule has 2 saturated heterocycles. The van der Waals surface area contributed by atoms with Crippen LogP contribution in [0.15, 0.2) is 30.5 Å². The van der Waals surface area contributed by atoms with Crippen LogP contribution in [0, 0.1) is 11.3 Å². The van der Waals surface area contributed by atoms with Crippen molar-refractivity contribution < 1.29 is 0 Å². The average Bonchev–Trinajstić information content (AvgIpc) is 2.61. The Balaban J connectivity index is 2.00. The molecule has 86 valence electrons. The summed E-state index contributed by atoms with van der Waals surface area (Å²) in [7, 11) is 0.